The van der Waals surface area contributed by atoms with Gasteiger partial charge in [0.25, 0.3) is 0 Å². The van der Waals surface area contributed by atoms with Crippen molar-refractivity contribution in [1.82, 2.24) is 0 Å². The molecule has 0 bridgehead atoms. The Morgan fingerprint density at radius 2 is 1.68 bits per heavy atom. The van der Waals surface area contributed by atoms with Gasteiger partial charge in [0, 0.05) is 16.1 Å². The van der Waals surface area contributed by atoms with E-state index in [9.17, 15) is 9.18 Å². The summed E-state index contributed by atoms with van der Waals surface area (Å²) >= 11 is 6.01. The molecule has 0 aliphatic rings. The van der Waals surface area contributed by atoms with Gasteiger partial charge in [-0.25, -0.2) is 4.39 Å². The van der Waals surface area contributed by atoms with Gasteiger partial charge in [-0.15, -0.1) is 0 Å². The number of aryl methyl sites for hydroxylation is 3. The van der Waals surface area contributed by atoms with Gasteiger partial charge < -0.3 is 0 Å². The van der Waals surface area contributed by atoms with Gasteiger partial charge >= 0.3 is 0 Å². The predicted octanol–water partition coefficient (Wildman–Crippen LogP) is 4.64. The number of rotatable bonds is 2. The van der Waals surface area contributed by atoms with Crippen molar-refractivity contribution >= 4 is 17.4 Å². The quantitative estimate of drug-likeness (QED) is 0.731. The van der Waals surface area contributed by atoms with E-state index in [1.165, 1.54) is 6.07 Å². The molecule has 0 saturated heterocycles. The van der Waals surface area contributed by atoms with E-state index in [-0.39, 0.29) is 11.6 Å². The zero-order valence-electron chi connectivity index (χ0n) is 11.1. The first-order chi connectivity index (χ1) is 8.90. The topological polar surface area (TPSA) is 17.1 Å². The van der Waals surface area contributed by atoms with E-state index in [1.807, 2.05) is 13.8 Å². The summed E-state index contributed by atoms with van der Waals surface area (Å²) in [5, 5.41) is 0.629. The Kier molecular flexibility index (Phi) is 3.72. The Morgan fingerprint density at radius 1 is 1.00 bits per heavy atom. The summed E-state index contributed by atoms with van der Waals surface area (Å²) in [6, 6.07) is 8.04. The highest BCUT2D eigenvalue weighted by Gasteiger charge is 2.14. The Morgan fingerprint density at radius 3 is 2.32 bits per heavy atom. The van der Waals surface area contributed by atoms with Crippen molar-refractivity contribution in [2.45, 2.75) is 20.8 Å². The smallest absolute Gasteiger partial charge is 0.193 e. The third-order valence-corrected chi connectivity index (χ3v) is 3.59. The van der Waals surface area contributed by atoms with Crippen molar-refractivity contribution in [1.29, 1.82) is 0 Å². The average molecular weight is 277 g/mol. The van der Waals surface area contributed by atoms with E-state index in [0.717, 1.165) is 11.1 Å². The van der Waals surface area contributed by atoms with Crippen molar-refractivity contribution in [3.63, 3.8) is 0 Å². The van der Waals surface area contributed by atoms with Crippen LogP contribution in [0.4, 0.5) is 4.39 Å². The molecule has 0 heterocycles. The molecule has 0 aliphatic heterocycles. The zero-order chi connectivity index (χ0) is 14.2. The molecule has 0 unspecified atom stereocenters. The lowest BCUT2D eigenvalue weighted by molar-refractivity contribution is 0.103. The fraction of sp³-hybridized carbons (Fsp3) is 0.188. The minimum absolute atomic E-state index is 0.184. The first-order valence-corrected chi connectivity index (χ1v) is 6.35. The predicted molar refractivity (Wildman–Crippen MR) is 75.5 cm³/mol. The average Bonchev–Trinajstić information content (AvgIpc) is 2.36. The van der Waals surface area contributed by atoms with Crippen molar-refractivity contribution in [2.24, 2.45) is 0 Å². The second kappa shape index (κ2) is 5.14. The summed E-state index contributed by atoms with van der Waals surface area (Å²) in [5.74, 6) is -0.551. The summed E-state index contributed by atoms with van der Waals surface area (Å²) in [6.45, 7) is 5.33. The summed E-state index contributed by atoms with van der Waals surface area (Å²) in [6.07, 6.45) is 0. The van der Waals surface area contributed by atoms with Crippen LogP contribution in [0.3, 0.4) is 0 Å². The second-order valence-corrected chi connectivity index (χ2v) is 5.12. The highest BCUT2D eigenvalue weighted by atomic mass is 35.5. The van der Waals surface area contributed by atoms with E-state index < -0.39 is 0 Å². The molecule has 0 atom stereocenters. The number of hydrogen-bond acceptors (Lipinski definition) is 1. The van der Waals surface area contributed by atoms with Crippen LogP contribution in [-0.4, -0.2) is 5.78 Å². The van der Waals surface area contributed by atoms with Crippen LogP contribution in [0.1, 0.15) is 32.6 Å². The molecule has 3 heteroatoms. The molecular weight excluding hydrogens is 263 g/mol. The maximum absolute atomic E-state index is 13.5. The first-order valence-electron chi connectivity index (χ1n) is 5.97. The SMILES string of the molecule is Cc1ccc(C(=O)c2cc(C)c(Cl)cc2C)cc1F. The van der Waals surface area contributed by atoms with Crippen LogP contribution in [0.5, 0.6) is 0 Å². The summed E-state index contributed by atoms with van der Waals surface area (Å²) in [5.41, 5.74) is 3.07. The number of ketones is 1. The minimum atomic E-state index is -0.366. The highest BCUT2D eigenvalue weighted by Crippen LogP contribution is 2.23. The van der Waals surface area contributed by atoms with Gasteiger partial charge in [-0.1, -0.05) is 23.7 Å². The van der Waals surface area contributed by atoms with Gasteiger partial charge in [-0.3, -0.25) is 4.79 Å². The molecule has 98 valence electrons. The number of carbonyl (C=O) groups is 1. The fourth-order valence-corrected chi connectivity index (χ4v) is 2.13. The molecule has 2 aromatic rings. The molecule has 0 spiro atoms. The molecule has 0 saturated carbocycles. The Hall–Kier alpha value is -1.67. The molecule has 0 aromatic heterocycles. The van der Waals surface area contributed by atoms with Crippen LogP contribution < -0.4 is 0 Å². The van der Waals surface area contributed by atoms with Crippen LogP contribution in [0.25, 0.3) is 0 Å². The van der Waals surface area contributed by atoms with Crippen LogP contribution >= 0.6 is 11.6 Å². The monoisotopic (exact) mass is 276 g/mol. The van der Waals surface area contributed by atoms with Crippen molar-refractivity contribution < 1.29 is 9.18 Å². The second-order valence-electron chi connectivity index (χ2n) is 4.71. The Bertz CT molecular complexity index is 662. The van der Waals surface area contributed by atoms with E-state index in [1.54, 1.807) is 31.2 Å². The van der Waals surface area contributed by atoms with Gasteiger partial charge in [0.05, 0.1) is 0 Å². The number of carbonyl (C=O) groups excluding carboxylic acids is 1. The summed E-state index contributed by atoms with van der Waals surface area (Å²) in [7, 11) is 0. The van der Waals surface area contributed by atoms with Gasteiger partial charge in [0.1, 0.15) is 5.82 Å². The minimum Gasteiger partial charge on any atom is -0.289 e. The lowest BCUT2D eigenvalue weighted by Crippen LogP contribution is -2.05. The molecule has 2 aromatic carbocycles. The molecule has 1 nitrogen and oxygen atoms in total. The molecule has 0 radical (unpaired) electrons. The van der Waals surface area contributed by atoms with E-state index >= 15 is 0 Å². The summed E-state index contributed by atoms with van der Waals surface area (Å²) < 4.78 is 13.5. The third kappa shape index (κ3) is 2.69. The first kappa shape index (κ1) is 13.8. The standard InChI is InChI=1S/C16H14ClFO/c1-9-4-5-12(8-15(9)18)16(19)13-6-11(3)14(17)7-10(13)2/h4-8H,1-3H3. The highest BCUT2D eigenvalue weighted by molar-refractivity contribution is 6.31. The molecule has 0 N–H and O–H groups in total. The molecule has 2 rings (SSSR count). The Balaban J connectivity index is 2.49. The normalized spacial score (nSPS) is 10.6. The van der Waals surface area contributed by atoms with Crippen molar-refractivity contribution in [2.75, 3.05) is 0 Å². The molecular formula is C16H14ClFO. The van der Waals surface area contributed by atoms with E-state index in [2.05, 4.69) is 0 Å². The summed E-state index contributed by atoms with van der Waals surface area (Å²) in [4.78, 5) is 12.4. The largest absolute Gasteiger partial charge is 0.289 e. The molecule has 19 heavy (non-hydrogen) atoms. The van der Waals surface area contributed by atoms with Crippen LogP contribution in [0, 0.1) is 26.6 Å². The van der Waals surface area contributed by atoms with Gasteiger partial charge in [-0.2, -0.15) is 0 Å². The van der Waals surface area contributed by atoms with Crippen molar-refractivity contribution in [3.05, 3.63) is 69.0 Å². The Labute approximate surface area is 117 Å². The van der Waals surface area contributed by atoms with Crippen LogP contribution in [0.15, 0.2) is 30.3 Å². The van der Waals surface area contributed by atoms with Gasteiger partial charge in [0.15, 0.2) is 5.78 Å². The number of benzene rings is 2. The third-order valence-electron chi connectivity index (χ3n) is 3.18. The molecule has 0 amide bonds. The maximum Gasteiger partial charge on any atom is 0.193 e. The van der Waals surface area contributed by atoms with E-state index in [0.29, 0.717) is 21.7 Å². The van der Waals surface area contributed by atoms with E-state index in [4.69, 9.17) is 11.6 Å². The van der Waals surface area contributed by atoms with Gasteiger partial charge in [-0.05, 0) is 55.7 Å². The molecule has 0 aliphatic carbocycles. The van der Waals surface area contributed by atoms with Crippen LogP contribution in [0.2, 0.25) is 5.02 Å². The van der Waals surface area contributed by atoms with Gasteiger partial charge in [0.2, 0.25) is 0 Å². The fourth-order valence-electron chi connectivity index (χ4n) is 1.92. The van der Waals surface area contributed by atoms with Crippen LogP contribution in [-0.2, 0) is 0 Å². The lowest BCUT2D eigenvalue weighted by atomic mass is 9.96. The maximum atomic E-state index is 13.5. The zero-order valence-corrected chi connectivity index (χ0v) is 11.8. The van der Waals surface area contributed by atoms with Crippen molar-refractivity contribution in [3.8, 4) is 0 Å². The lowest BCUT2D eigenvalue weighted by Gasteiger charge is -2.08. The molecule has 0 fully saturated rings. The number of halogens is 2. The number of hydrogen-bond donors (Lipinski definition) is 0.